The molecule has 0 aliphatic heterocycles. The van der Waals surface area contributed by atoms with E-state index in [4.69, 9.17) is 10.5 Å². The fourth-order valence-corrected chi connectivity index (χ4v) is 1.83. The molecule has 108 valence electrons. The van der Waals surface area contributed by atoms with Crippen molar-refractivity contribution in [1.82, 2.24) is 0 Å². The molecule has 0 spiro atoms. The van der Waals surface area contributed by atoms with Crippen LogP contribution in [0.4, 0.5) is 11.4 Å². The number of nitrogens with one attached hydrogen (secondary N) is 2. The molecule has 1 rings (SSSR count). The molecule has 0 saturated heterocycles. The first kappa shape index (κ1) is 15.6. The van der Waals surface area contributed by atoms with E-state index in [1.165, 1.54) is 4.90 Å². The molecule has 0 bridgehead atoms. The Kier molecular flexibility index (Phi) is 7.07. The molecule has 0 aromatic heterocycles. The Bertz CT molecular complexity index is 372. The van der Waals surface area contributed by atoms with Gasteiger partial charge in [0.2, 0.25) is 0 Å². The topological polar surface area (TPSA) is 72.0 Å². The number of anilines is 2. The second kappa shape index (κ2) is 8.61. The molecule has 5 nitrogen and oxygen atoms in total. The van der Waals surface area contributed by atoms with Crippen molar-refractivity contribution in [3.05, 3.63) is 18.2 Å². The predicted octanol–water partition coefficient (Wildman–Crippen LogP) is 0.328. The first-order valence-electron chi connectivity index (χ1n) is 6.85. The van der Waals surface area contributed by atoms with Crippen LogP contribution in [0, 0.1) is 0 Å². The summed E-state index contributed by atoms with van der Waals surface area (Å²) in [7, 11) is 2.17. The van der Waals surface area contributed by atoms with Crippen molar-refractivity contribution in [2.45, 2.75) is 13.3 Å². The molecule has 0 aliphatic rings. The average molecular weight is 268 g/mol. The van der Waals surface area contributed by atoms with E-state index in [2.05, 4.69) is 12.4 Å². The van der Waals surface area contributed by atoms with Crippen LogP contribution in [0.3, 0.4) is 0 Å². The first-order valence-corrected chi connectivity index (χ1v) is 6.85. The fourth-order valence-electron chi connectivity index (χ4n) is 1.83. The van der Waals surface area contributed by atoms with Crippen LogP contribution >= 0.6 is 0 Å². The van der Waals surface area contributed by atoms with Gasteiger partial charge in [-0.2, -0.15) is 0 Å². The Morgan fingerprint density at radius 3 is 2.89 bits per heavy atom. The zero-order chi connectivity index (χ0) is 14.1. The van der Waals surface area contributed by atoms with Crippen LogP contribution in [-0.2, 0) is 4.74 Å². The average Bonchev–Trinajstić information content (AvgIpc) is 2.39. The number of aromatic hydroxyl groups is 1. The maximum absolute atomic E-state index is 9.39. The molecule has 0 saturated carbocycles. The standard InChI is InChI=1S/C14H25N3O2/c1-3-19-10-9-17(2)8-4-7-16-14-11-12(18)5-6-13(14)15/h5-6,11,16,18H,3-4,7-10,15H2,1-2H3/p+1. The Morgan fingerprint density at radius 2 is 2.16 bits per heavy atom. The molecular formula is C14H26N3O2+. The van der Waals surface area contributed by atoms with Crippen molar-refractivity contribution in [3.63, 3.8) is 0 Å². The van der Waals surface area contributed by atoms with Crippen molar-refractivity contribution in [1.29, 1.82) is 0 Å². The summed E-state index contributed by atoms with van der Waals surface area (Å²) in [4.78, 5) is 1.46. The molecule has 0 radical (unpaired) electrons. The second-order valence-corrected chi connectivity index (χ2v) is 4.71. The van der Waals surface area contributed by atoms with Gasteiger partial charge in [-0.25, -0.2) is 0 Å². The summed E-state index contributed by atoms with van der Waals surface area (Å²) in [5.74, 6) is 0.233. The summed E-state index contributed by atoms with van der Waals surface area (Å²) in [5, 5.41) is 12.6. The number of likely N-dealkylation sites (N-methyl/N-ethyl adjacent to an activating group) is 1. The van der Waals surface area contributed by atoms with E-state index in [-0.39, 0.29) is 5.75 Å². The van der Waals surface area contributed by atoms with Crippen LogP contribution in [0.1, 0.15) is 13.3 Å². The molecule has 1 aromatic rings. The third-order valence-corrected chi connectivity index (χ3v) is 3.01. The van der Waals surface area contributed by atoms with E-state index in [0.29, 0.717) is 5.69 Å². The summed E-state index contributed by atoms with van der Waals surface area (Å²) in [5.41, 5.74) is 7.28. The monoisotopic (exact) mass is 268 g/mol. The zero-order valence-electron chi connectivity index (χ0n) is 11.9. The lowest BCUT2D eigenvalue weighted by atomic mass is 10.2. The van der Waals surface area contributed by atoms with Crippen molar-refractivity contribution < 1.29 is 14.7 Å². The van der Waals surface area contributed by atoms with Gasteiger partial charge in [-0.05, 0) is 19.1 Å². The number of nitrogens with two attached hydrogens (primary N) is 1. The number of hydrogen-bond acceptors (Lipinski definition) is 4. The molecule has 0 fully saturated rings. The van der Waals surface area contributed by atoms with Gasteiger partial charge in [-0.15, -0.1) is 0 Å². The molecule has 1 aromatic carbocycles. The SMILES string of the molecule is CCOCC[NH+](C)CCCNc1cc(O)ccc1N. The first-order chi connectivity index (χ1) is 9.13. The highest BCUT2D eigenvalue weighted by Crippen LogP contribution is 2.23. The number of rotatable bonds is 9. The minimum absolute atomic E-state index is 0.233. The lowest BCUT2D eigenvalue weighted by Gasteiger charge is -2.14. The van der Waals surface area contributed by atoms with Crippen LogP contribution in [-0.4, -0.2) is 45.0 Å². The zero-order valence-corrected chi connectivity index (χ0v) is 11.9. The van der Waals surface area contributed by atoms with Crippen molar-refractivity contribution in [2.24, 2.45) is 0 Å². The van der Waals surface area contributed by atoms with Gasteiger partial charge in [0.1, 0.15) is 12.3 Å². The van der Waals surface area contributed by atoms with E-state index in [0.717, 1.165) is 45.0 Å². The Labute approximate surface area is 115 Å². The number of phenolic OH excluding ortho intramolecular Hbond substituents is 1. The lowest BCUT2D eigenvalue weighted by molar-refractivity contribution is -0.880. The smallest absolute Gasteiger partial charge is 0.117 e. The van der Waals surface area contributed by atoms with E-state index in [9.17, 15) is 5.11 Å². The Morgan fingerprint density at radius 1 is 1.37 bits per heavy atom. The molecule has 1 atom stereocenters. The van der Waals surface area contributed by atoms with Gasteiger partial charge in [0.05, 0.1) is 31.6 Å². The molecule has 5 N–H and O–H groups in total. The molecule has 5 heteroatoms. The van der Waals surface area contributed by atoms with Crippen LogP contribution in [0.5, 0.6) is 5.75 Å². The van der Waals surface area contributed by atoms with Gasteiger partial charge in [-0.3, -0.25) is 0 Å². The maximum Gasteiger partial charge on any atom is 0.117 e. The van der Waals surface area contributed by atoms with Crippen molar-refractivity contribution >= 4 is 11.4 Å². The summed E-state index contributed by atoms with van der Waals surface area (Å²) in [6, 6.07) is 4.95. The number of phenols is 1. The third kappa shape index (κ3) is 6.31. The molecule has 1 unspecified atom stereocenters. The van der Waals surface area contributed by atoms with Gasteiger partial charge < -0.3 is 25.8 Å². The normalized spacial score (nSPS) is 12.3. The summed E-state index contributed by atoms with van der Waals surface area (Å²) < 4.78 is 5.33. The summed E-state index contributed by atoms with van der Waals surface area (Å²) in [6.45, 7) is 6.57. The number of hydrogen-bond donors (Lipinski definition) is 4. The van der Waals surface area contributed by atoms with Gasteiger partial charge in [0, 0.05) is 25.6 Å². The van der Waals surface area contributed by atoms with Gasteiger partial charge in [0.15, 0.2) is 0 Å². The number of quaternary nitrogens is 1. The van der Waals surface area contributed by atoms with E-state index in [1.54, 1.807) is 18.2 Å². The van der Waals surface area contributed by atoms with Gasteiger partial charge >= 0.3 is 0 Å². The highest BCUT2D eigenvalue weighted by atomic mass is 16.5. The minimum atomic E-state index is 0.233. The fraction of sp³-hybridized carbons (Fsp3) is 0.571. The molecule has 0 amide bonds. The van der Waals surface area contributed by atoms with Crippen molar-refractivity contribution in [3.8, 4) is 5.75 Å². The van der Waals surface area contributed by atoms with E-state index < -0.39 is 0 Å². The summed E-state index contributed by atoms with van der Waals surface area (Å²) >= 11 is 0. The number of ether oxygens (including phenoxy) is 1. The highest BCUT2D eigenvalue weighted by Gasteiger charge is 2.03. The van der Waals surface area contributed by atoms with E-state index in [1.807, 2.05) is 6.92 Å². The molecule has 19 heavy (non-hydrogen) atoms. The van der Waals surface area contributed by atoms with Crippen LogP contribution in [0.2, 0.25) is 0 Å². The van der Waals surface area contributed by atoms with Crippen molar-refractivity contribution in [2.75, 3.05) is 50.9 Å². The van der Waals surface area contributed by atoms with Crippen LogP contribution in [0.25, 0.3) is 0 Å². The van der Waals surface area contributed by atoms with Gasteiger partial charge in [0.25, 0.3) is 0 Å². The minimum Gasteiger partial charge on any atom is -0.508 e. The highest BCUT2D eigenvalue weighted by molar-refractivity contribution is 5.67. The predicted molar refractivity (Wildman–Crippen MR) is 78.7 cm³/mol. The molecular weight excluding hydrogens is 242 g/mol. The largest absolute Gasteiger partial charge is 0.508 e. The number of benzene rings is 1. The second-order valence-electron chi connectivity index (χ2n) is 4.71. The van der Waals surface area contributed by atoms with Gasteiger partial charge in [-0.1, -0.05) is 0 Å². The Hall–Kier alpha value is -1.46. The van der Waals surface area contributed by atoms with Crippen LogP contribution in [0.15, 0.2) is 18.2 Å². The third-order valence-electron chi connectivity index (χ3n) is 3.01. The quantitative estimate of drug-likeness (QED) is 0.296. The molecule has 0 aliphatic carbocycles. The number of nitrogen functional groups attached to an aromatic ring is 1. The molecule has 0 heterocycles. The van der Waals surface area contributed by atoms with E-state index >= 15 is 0 Å². The summed E-state index contributed by atoms with van der Waals surface area (Å²) in [6.07, 6.45) is 1.05. The van der Waals surface area contributed by atoms with Crippen LogP contribution < -0.4 is 16.0 Å². The maximum atomic E-state index is 9.39. The lowest BCUT2D eigenvalue weighted by Crippen LogP contribution is -3.09. The Balaban J connectivity index is 2.18.